The average molecular weight is 563 g/mol. The number of amides is 2. The van der Waals surface area contributed by atoms with E-state index in [2.05, 4.69) is 31.4 Å². The number of ether oxygens (including phenoxy) is 2. The quantitative estimate of drug-likeness (QED) is 0.264. The van der Waals surface area contributed by atoms with E-state index in [0.717, 1.165) is 59.4 Å². The van der Waals surface area contributed by atoms with Crippen molar-refractivity contribution >= 4 is 39.8 Å². The van der Waals surface area contributed by atoms with Crippen molar-refractivity contribution in [3.8, 4) is 5.75 Å². The van der Waals surface area contributed by atoms with Crippen LogP contribution >= 0.6 is 11.3 Å². The summed E-state index contributed by atoms with van der Waals surface area (Å²) < 4.78 is 11.2. The number of thiophene rings is 1. The largest absolute Gasteiger partial charge is 0.481 e. The molecular formula is C32H38N2O5S. The van der Waals surface area contributed by atoms with E-state index in [1.807, 2.05) is 18.2 Å². The van der Waals surface area contributed by atoms with Crippen LogP contribution in [-0.4, -0.2) is 30.5 Å². The summed E-state index contributed by atoms with van der Waals surface area (Å²) in [5.74, 6) is 0.0644. The van der Waals surface area contributed by atoms with Gasteiger partial charge in [0.1, 0.15) is 10.8 Å². The molecular weight excluding hydrogens is 524 g/mol. The number of para-hydroxylation sites is 1. The molecule has 8 heteroatoms. The maximum Gasteiger partial charge on any atom is 0.341 e. The lowest BCUT2D eigenvalue weighted by Gasteiger charge is -2.18. The van der Waals surface area contributed by atoms with Crippen LogP contribution in [0.5, 0.6) is 5.75 Å². The first-order chi connectivity index (χ1) is 19.2. The number of anilines is 2. The van der Waals surface area contributed by atoms with Crippen molar-refractivity contribution < 1.29 is 23.9 Å². The molecule has 4 rings (SSSR count). The Kier molecular flexibility index (Phi) is 9.63. The van der Waals surface area contributed by atoms with Crippen LogP contribution in [-0.2, 0) is 35.2 Å². The van der Waals surface area contributed by atoms with Crippen molar-refractivity contribution in [1.29, 1.82) is 0 Å². The van der Waals surface area contributed by atoms with Crippen LogP contribution in [0.4, 0.5) is 10.7 Å². The molecule has 1 aromatic heterocycles. The van der Waals surface area contributed by atoms with E-state index < -0.39 is 12.1 Å². The van der Waals surface area contributed by atoms with E-state index in [9.17, 15) is 14.4 Å². The first kappa shape index (κ1) is 29.3. The van der Waals surface area contributed by atoms with E-state index in [-0.39, 0.29) is 18.4 Å². The lowest BCUT2D eigenvalue weighted by molar-refractivity contribution is -0.122. The third-order valence-electron chi connectivity index (χ3n) is 7.26. The van der Waals surface area contributed by atoms with Crippen LogP contribution in [0.3, 0.4) is 0 Å². The molecule has 0 fully saturated rings. The predicted molar refractivity (Wildman–Crippen MR) is 160 cm³/mol. The molecule has 7 nitrogen and oxygen atoms in total. The number of hydrogen-bond donors (Lipinski definition) is 2. The summed E-state index contributed by atoms with van der Waals surface area (Å²) in [6.07, 6.45) is 3.60. The number of carbonyl (C=O) groups excluding carboxylic acids is 3. The molecule has 2 amide bonds. The van der Waals surface area contributed by atoms with Gasteiger partial charge in [-0.1, -0.05) is 39.0 Å². The molecule has 2 atom stereocenters. The minimum Gasteiger partial charge on any atom is -0.481 e. The van der Waals surface area contributed by atoms with Crippen molar-refractivity contribution in [3.63, 3.8) is 0 Å². The Morgan fingerprint density at radius 1 is 1.00 bits per heavy atom. The number of hydrogen-bond acceptors (Lipinski definition) is 6. The van der Waals surface area contributed by atoms with Gasteiger partial charge in [-0.05, 0) is 92.8 Å². The molecule has 0 radical (unpaired) electrons. The number of carbonyl (C=O) groups is 3. The fraction of sp³-hybridized carbons (Fsp3) is 0.406. The second-order valence-electron chi connectivity index (χ2n) is 10.2. The second kappa shape index (κ2) is 13.1. The molecule has 0 saturated carbocycles. The third kappa shape index (κ3) is 6.55. The van der Waals surface area contributed by atoms with Gasteiger partial charge in [-0.2, -0.15) is 0 Å². The lowest BCUT2D eigenvalue weighted by Crippen LogP contribution is -2.31. The second-order valence-corrected chi connectivity index (χ2v) is 11.3. The Morgan fingerprint density at radius 2 is 1.68 bits per heavy atom. The number of esters is 1. The van der Waals surface area contributed by atoms with Gasteiger partial charge in [0.25, 0.3) is 11.8 Å². The Bertz CT molecular complexity index is 1360. The van der Waals surface area contributed by atoms with Crippen molar-refractivity contribution in [1.82, 2.24) is 0 Å². The fourth-order valence-corrected chi connectivity index (χ4v) is 6.40. The Balaban J connectivity index is 1.43. The number of rotatable bonds is 10. The van der Waals surface area contributed by atoms with Gasteiger partial charge in [0.15, 0.2) is 6.10 Å². The monoisotopic (exact) mass is 562 g/mol. The molecule has 2 aromatic carbocycles. The van der Waals surface area contributed by atoms with Crippen molar-refractivity contribution in [3.05, 3.63) is 75.2 Å². The maximum atomic E-state index is 13.1. The summed E-state index contributed by atoms with van der Waals surface area (Å²) in [4.78, 5) is 40.0. The van der Waals surface area contributed by atoms with Gasteiger partial charge in [0.05, 0.1) is 12.2 Å². The highest BCUT2D eigenvalue weighted by Crippen LogP contribution is 2.40. The summed E-state index contributed by atoms with van der Waals surface area (Å²) in [6.45, 7) is 10.1. The minimum absolute atomic E-state index is 0.236. The maximum absolute atomic E-state index is 13.1. The number of aryl methyl sites for hydroxylation is 2. The predicted octanol–water partition coefficient (Wildman–Crippen LogP) is 6.83. The molecule has 212 valence electrons. The molecule has 0 aliphatic heterocycles. The van der Waals surface area contributed by atoms with Crippen LogP contribution < -0.4 is 15.4 Å². The Hall–Kier alpha value is -3.65. The first-order valence-electron chi connectivity index (χ1n) is 14.1. The molecule has 1 aliphatic carbocycles. The van der Waals surface area contributed by atoms with Gasteiger partial charge < -0.3 is 20.1 Å². The Labute approximate surface area is 240 Å². The minimum atomic E-state index is -0.735. The van der Waals surface area contributed by atoms with Crippen molar-refractivity contribution in [2.75, 3.05) is 17.2 Å². The normalized spacial score (nSPS) is 15.1. The highest BCUT2D eigenvalue weighted by atomic mass is 32.1. The van der Waals surface area contributed by atoms with Crippen molar-refractivity contribution in [2.45, 2.75) is 72.8 Å². The van der Waals surface area contributed by atoms with Crippen LogP contribution in [0, 0.1) is 5.92 Å². The first-order valence-corrected chi connectivity index (χ1v) is 14.9. The summed E-state index contributed by atoms with van der Waals surface area (Å²) in [5.41, 5.74) is 4.93. The SMILES string of the molecule is CCOC(=O)c1c(NC(=O)c2ccc(OC(C)C(=O)Nc3c(CC)cccc3CC)cc2)sc2c1CCC(C)C2. The number of benzene rings is 2. The van der Waals surface area contributed by atoms with Gasteiger partial charge in [-0.25, -0.2) is 4.79 Å². The van der Waals surface area contributed by atoms with Gasteiger partial charge in [0, 0.05) is 16.1 Å². The number of fused-ring (bicyclic) bond motifs is 1. The molecule has 1 heterocycles. The fourth-order valence-electron chi connectivity index (χ4n) is 5.00. The van der Waals surface area contributed by atoms with Crippen LogP contribution in [0.1, 0.15) is 83.3 Å². The molecule has 0 bridgehead atoms. The van der Waals surface area contributed by atoms with E-state index in [0.29, 0.717) is 27.8 Å². The lowest BCUT2D eigenvalue weighted by atomic mass is 9.88. The van der Waals surface area contributed by atoms with Crippen LogP contribution in [0.15, 0.2) is 42.5 Å². The molecule has 3 aromatic rings. The average Bonchev–Trinajstić information content (AvgIpc) is 3.30. The van der Waals surface area contributed by atoms with E-state index in [4.69, 9.17) is 9.47 Å². The molecule has 0 spiro atoms. The Morgan fingerprint density at radius 3 is 2.30 bits per heavy atom. The smallest absolute Gasteiger partial charge is 0.341 e. The summed E-state index contributed by atoms with van der Waals surface area (Å²) in [5, 5.41) is 6.51. The van der Waals surface area contributed by atoms with Crippen molar-refractivity contribution in [2.24, 2.45) is 5.92 Å². The third-order valence-corrected chi connectivity index (χ3v) is 8.43. The highest BCUT2D eigenvalue weighted by molar-refractivity contribution is 7.17. The number of nitrogens with one attached hydrogen (secondary N) is 2. The van der Waals surface area contributed by atoms with Gasteiger partial charge >= 0.3 is 5.97 Å². The summed E-state index contributed by atoms with van der Waals surface area (Å²) in [7, 11) is 0. The molecule has 0 saturated heterocycles. The molecule has 2 N–H and O–H groups in total. The van der Waals surface area contributed by atoms with E-state index in [1.54, 1.807) is 38.1 Å². The highest BCUT2D eigenvalue weighted by Gasteiger charge is 2.29. The molecule has 2 unspecified atom stereocenters. The zero-order chi connectivity index (χ0) is 28.8. The van der Waals surface area contributed by atoms with Crippen LogP contribution in [0.2, 0.25) is 0 Å². The van der Waals surface area contributed by atoms with E-state index in [1.165, 1.54) is 11.3 Å². The van der Waals surface area contributed by atoms with Gasteiger partial charge in [-0.3, -0.25) is 9.59 Å². The standard InChI is InChI=1S/C32H38N2O5S/c1-6-21-10-9-11-22(7-2)28(21)33-29(35)20(5)39-24-15-13-23(14-16-24)30(36)34-31-27(32(37)38-8-3)25-17-12-19(4)18-26(25)40-31/h9-11,13-16,19-20H,6-8,12,17-18H2,1-5H3,(H,33,35)(H,34,36). The van der Waals surface area contributed by atoms with Gasteiger partial charge in [-0.15, -0.1) is 11.3 Å². The van der Waals surface area contributed by atoms with E-state index >= 15 is 0 Å². The van der Waals surface area contributed by atoms with Crippen LogP contribution in [0.25, 0.3) is 0 Å². The topological polar surface area (TPSA) is 93.7 Å². The summed E-state index contributed by atoms with van der Waals surface area (Å²) in [6, 6.07) is 12.7. The van der Waals surface area contributed by atoms with Gasteiger partial charge in [0.2, 0.25) is 0 Å². The molecule has 1 aliphatic rings. The zero-order valence-corrected chi connectivity index (χ0v) is 24.7. The molecule has 40 heavy (non-hydrogen) atoms. The zero-order valence-electron chi connectivity index (χ0n) is 23.9. The summed E-state index contributed by atoms with van der Waals surface area (Å²) >= 11 is 1.46.